The van der Waals surface area contributed by atoms with Gasteiger partial charge in [-0.25, -0.2) is 4.79 Å². The molecule has 1 atom stereocenters. The van der Waals surface area contributed by atoms with Crippen LogP contribution in [0, 0.1) is 5.92 Å². The Morgan fingerprint density at radius 1 is 1.29 bits per heavy atom. The number of hydrogen-bond acceptors (Lipinski definition) is 2. The molecule has 2 aliphatic heterocycles. The van der Waals surface area contributed by atoms with E-state index in [2.05, 4.69) is 23.1 Å². The van der Waals surface area contributed by atoms with Gasteiger partial charge in [-0.1, -0.05) is 24.3 Å². The van der Waals surface area contributed by atoms with Gasteiger partial charge in [0.05, 0.1) is 6.54 Å². The van der Waals surface area contributed by atoms with Crippen LogP contribution in [0.3, 0.4) is 0 Å². The van der Waals surface area contributed by atoms with Gasteiger partial charge >= 0.3 is 6.09 Å². The van der Waals surface area contributed by atoms with Crippen molar-refractivity contribution in [3.8, 4) is 0 Å². The molecular formula is C13H16N2O2. The number of carboxylic acid groups (broad SMARTS) is 1. The summed E-state index contributed by atoms with van der Waals surface area (Å²) in [6.45, 7) is 3.04. The third-order valence-electron chi connectivity index (χ3n) is 3.81. The number of fused-ring (bicyclic) bond motifs is 2. The molecule has 0 radical (unpaired) electrons. The van der Waals surface area contributed by atoms with E-state index in [-0.39, 0.29) is 0 Å². The summed E-state index contributed by atoms with van der Waals surface area (Å²) in [7, 11) is 0. The van der Waals surface area contributed by atoms with Crippen LogP contribution in [-0.2, 0) is 0 Å². The SMILES string of the molecule is O=C(O)N1CCN2CCC3C=CC=CC3=C2C1. The van der Waals surface area contributed by atoms with Gasteiger partial charge < -0.3 is 14.9 Å². The van der Waals surface area contributed by atoms with E-state index < -0.39 is 6.09 Å². The number of nitrogens with zero attached hydrogens (tertiary/aromatic N) is 2. The molecule has 4 heteroatoms. The largest absolute Gasteiger partial charge is 0.465 e. The Labute approximate surface area is 101 Å². The highest BCUT2D eigenvalue weighted by atomic mass is 16.4. The fourth-order valence-corrected chi connectivity index (χ4v) is 2.86. The van der Waals surface area contributed by atoms with Gasteiger partial charge in [0.15, 0.2) is 0 Å². The molecule has 3 aliphatic rings. The summed E-state index contributed by atoms with van der Waals surface area (Å²) in [4.78, 5) is 14.9. The lowest BCUT2D eigenvalue weighted by Crippen LogP contribution is -2.49. The molecule has 4 nitrogen and oxygen atoms in total. The highest BCUT2D eigenvalue weighted by Crippen LogP contribution is 2.33. The lowest BCUT2D eigenvalue weighted by atomic mass is 9.86. The average molecular weight is 232 g/mol. The summed E-state index contributed by atoms with van der Waals surface area (Å²) in [6, 6.07) is 0. The van der Waals surface area contributed by atoms with E-state index in [0.717, 1.165) is 19.5 Å². The van der Waals surface area contributed by atoms with Gasteiger partial charge in [0.25, 0.3) is 0 Å². The molecule has 0 bridgehead atoms. The predicted octanol–water partition coefficient (Wildman–Crippen LogP) is 1.68. The minimum atomic E-state index is -0.810. The van der Waals surface area contributed by atoms with Crippen molar-refractivity contribution in [2.45, 2.75) is 6.42 Å². The van der Waals surface area contributed by atoms with Crippen LogP contribution < -0.4 is 0 Å². The first-order valence-electron chi connectivity index (χ1n) is 6.06. The van der Waals surface area contributed by atoms with Crippen LogP contribution in [0.2, 0.25) is 0 Å². The van der Waals surface area contributed by atoms with Gasteiger partial charge in [-0.15, -0.1) is 0 Å². The number of allylic oxidation sites excluding steroid dienone is 5. The van der Waals surface area contributed by atoms with E-state index in [1.54, 1.807) is 0 Å². The number of hydrogen-bond donors (Lipinski definition) is 1. The molecule has 1 amide bonds. The lowest BCUT2D eigenvalue weighted by Gasteiger charge is -2.43. The molecule has 1 unspecified atom stereocenters. The summed E-state index contributed by atoms with van der Waals surface area (Å²) in [5.74, 6) is 0.486. The van der Waals surface area contributed by atoms with Gasteiger partial charge in [0.1, 0.15) is 0 Å². The molecule has 0 aromatic carbocycles. The lowest BCUT2D eigenvalue weighted by molar-refractivity contribution is 0.119. The summed E-state index contributed by atoms with van der Waals surface area (Å²) in [5, 5.41) is 9.08. The molecule has 1 N–H and O–H groups in total. The zero-order valence-corrected chi connectivity index (χ0v) is 9.67. The first-order chi connectivity index (χ1) is 8.25. The van der Waals surface area contributed by atoms with Gasteiger partial charge in [0, 0.05) is 31.2 Å². The molecule has 1 aliphatic carbocycles. The predicted molar refractivity (Wildman–Crippen MR) is 64.6 cm³/mol. The van der Waals surface area contributed by atoms with E-state index in [4.69, 9.17) is 5.11 Å². The quantitative estimate of drug-likeness (QED) is 0.691. The van der Waals surface area contributed by atoms with Crippen LogP contribution in [0.4, 0.5) is 4.79 Å². The van der Waals surface area contributed by atoms with Crippen LogP contribution in [0.1, 0.15) is 6.42 Å². The van der Waals surface area contributed by atoms with Crippen molar-refractivity contribution in [3.05, 3.63) is 35.6 Å². The Kier molecular flexibility index (Phi) is 2.42. The fraction of sp³-hybridized carbons (Fsp3) is 0.462. The second-order valence-corrected chi connectivity index (χ2v) is 4.73. The molecule has 3 rings (SSSR count). The molecule has 17 heavy (non-hydrogen) atoms. The third-order valence-corrected chi connectivity index (χ3v) is 3.81. The van der Waals surface area contributed by atoms with Crippen LogP contribution >= 0.6 is 0 Å². The number of piperazine rings is 1. The van der Waals surface area contributed by atoms with Crippen molar-refractivity contribution in [2.24, 2.45) is 5.92 Å². The first-order valence-corrected chi connectivity index (χ1v) is 6.06. The van der Waals surface area contributed by atoms with Crippen molar-refractivity contribution < 1.29 is 9.90 Å². The van der Waals surface area contributed by atoms with Gasteiger partial charge in [-0.3, -0.25) is 0 Å². The standard InChI is InChI=1S/C13H16N2O2/c16-13(17)15-8-7-14-6-5-10-3-1-2-4-11(10)12(14)9-15/h1-4,10H,5-9H2,(H,16,17). The Bertz CT molecular complexity index is 437. The van der Waals surface area contributed by atoms with E-state index in [1.807, 2.05) is 6.08 Å². The van der Waals surface area contributed by atoms with Crippen molar-refractivity contribution in [2.75, 3.05) is 26.2 Å². The second-order valence-electron chi connectivity index (χ2n) is 4.73. The zero-order chi connectivity index (χ0) is 11.8. The molecule has 2 heterocycles. The van der Waals surface area contributed by atoms with E-state index >= 15 is 0 Å². The fourth-order valence-electron chi connectivity index (χ4n) is 2.86. The molecule has 90 valence electrons. The normalized spacial score (nSPS) is 26.9. The van der Waals surface area contributed by atoms with E-state index in [1.165, 1.54) is 16.2 Å². The van der Waals surface area contributed by atoms with Crippen molar-refractivity contribution >= 4 is 6.09 Å². The Morgan fingerprint density at radius 2 is 2.18 bits per heavy atom. The maximum atomic E-state index is 11.0. The van der Waals surface area contributed by atoms with Crippen LogP contribution in [0.5, 0.6) is 0 Å². The Morgan fingerprint density at radius 3 is 3.00 bits per heavy atom. The molecule has 0 aromatic heterocycles. The smallest absolute Gasteiger partial charge is 0.407 e. The Hall–Kier alpha value is -1.71. The first kappa shape index (κ1) is 10.4. The minimum absolute atomic E-state index is 0.486. The van der Waals surface area contributed by atoms with E-state index in [0.29, 0.717) is 19.0 Å². The topological polar surface area (TPSA) is 43.8 Å². The highest BCUT2D eigenvalue weighted by Gasteiger charge is 2.31. The zero-order valence-electron chi connectivity index (χ0n) is 9.67. The van der Waals surface area contributed by atoms with E-state index in [9.17, 15) is 4.79 Å². The highest BCUT2D eigenvalue weighted by molar-refractivity contribution is 5.65. The van der Waals surface area contributed by atoms with Crippen molar-refractivity contribution in [3.63, 3.8) is 0 Å². The average Bonchev–Trinajstić information content (AvgIpc) is 2.38. The van der Waals surface area contributed by atoms with Crippen molar-refractivity contribution in [1.29, 1.82) is 0 Å². The number of amides is 1. The third kappa shape index (κ3) is 1.73. The maximum Gasteiger partial charge on any atom is 0.407 e. The maximum absolute atomic E-state index is 11.0. The number of carbonyl (C=O) groups is 1. The molecule has 0 saturated carbocycles. The minimum Gasteiger partial charge on any atom is -0.465 e. The van der Waals surface area contributed by atoms with Gasteiger partial charge in [0.2, 0.25) is 0 Å². The summed E-state index contributed by atoms with van der Waals surface area (Å²) in [6.07, 6.45) is 8.82. The second kappa shape index (κ2) is 3.95. The molecule has 0 aromatic rings. The Balaban J connectivity index is 1.93. The van der Waals surface area contributed by atoms with Crippen molar-refractivity contribution in [1.82, 2.24) is 9.80 Å². The van der Waals surface area contributed by atoms with Crippen LogP contribution in [0.15, 0.2) is 35.6 Å². The van der Waals surface area contributed by atoms with Crippen LogP contribution in [0.25, 0.3) is 0 Å². The monoisotopic (exact) mass is 232 g/mol. The summed E-state index contributed by atoms with van der Waals surface area (Å²) >= 11 is 0. The molecule has 1 saturated heterocycles. The van der Waals surface area contributed by atoms with Gasteiger partial charge in [-0.05, 0) is 12.0 Å². The molecular weight excluding hydrogens is 216 g/mol. The molecule has 0 spiro atoms. The summed E-state index contributed by atoms with van der Waals surface area (Å²) < 4.78 is 0. The summed E-state index contributed by atoms with van der Waals surface area (Å²) in [5.41, 5.74) is 2.51. The van der Waals surface area contributed by atoms with Crippen LogP contribution in [-0.4, -0.2) is 47.2 Å². The molecule has 1 fully saturated rings. The van der Waals surface area contributed by atoms with Gasteiger partial charge in [-0.2, -0.15) is 0 Å². The number of rotatable bonds is 0.